The summed E-state index contributed by atoms with van der Waals surface area (Å²) in [5.41, 5.74) is 3.10. The zero-order valence-corrected chi connectivity index (χ0v) is 20.2. The molecule has 1 amide bonds. The first kappa shape index (κ1) is 24.7. The number of rotatable bonds is 9. The molecule has 1 fully saturated rings. The van der Waals surface area contributed by atoms with Crippen molar-refractivity contribution in [2.24, 2.45) is 0 Å². The minimum atomic E-state index is -0.353. The molecule has 186 valence electrons. The van der Waals surface area contributed by atoms with Crippen molar-refractivity contribution >= 4 is 46.2 Å². The molecule has 1 saturated heterocycles. The van der Waals surface area contributed by atoms with Crippen molar-refractivity contribution in [1.82, 2.24) is 9.97 Å². The number of ketones is 1. The fraction of sp³-hybridized carbons (Fsp3) is 0.231. The van der Waals surface area contributed by atoms with E-state index in [2.05, 4.69) is 37.4 Å². The number of benzene rings is 2. The minimum absolute atomic E-state index is 0.205. The Bertz CT molecular complexity index is 1270. The standard InChI is InChI=1S/C26H28N6O4/c1-4-24(34)28-20-7-5-6-8-21(20)29-25-19(17(2)33)16-27-26(31-25)30-22-10-9-18(15-23(22)35-3)32-11-13-36-14-12-32/h4-10,15-16H,1,11-14H2,2-3H3,(H,28,34)(H2,27,29,30,31). The van der Waals surface area contributed by atoms with Crippen LogP contribution in [0, 0.1) is 0 Å². The molecule has 2 aromatic carbocycles. The number of hydrogen-bond acceptors (Lipinski definition) is 9. The number of anilines is 6. The molecule has 0 aliphatic carbocycles. The normalized spacial score (nSPS) is 13.0. The number of para-hydroxylation sites is 2. The van der Waals surface area contributed by atoms with Crippen molar-refractivity contribution in [2.45, 2.75) is 6.92 Å². The van der Waals surface area contributed by atoms with E-state index in [4.69, 9.17) is 9.47 Å². The van der Waals surface area contributed by atoms with E-state index in [1.165, 1.54) is 19.2 Å². The first-order valence-electron chi connectivity index (χ1n) is 11.4. The Labute approximate surface area is 209 Å². The summed E-state index contributed by atoms with van der Waals surface area (Å²) >= 11 is 0. The minimum Gasteiger partial charge on any atom is -0.494 e. The van der Waals surface area contributed by atoms with Crippen molar-refractivity contribution in [3.63, 3.8) is 0 Å². The molecular formula is C26H28N6O4. The van der Waals surface area contributed by atoms with Gasteiger partial charge in [0, 0.05) is 31.0 Å². The number of aromatic nitrogens is 2. The molecule has 0 spiro atoms. The Morgan fingerprint density at radius 2 is 1.83 bits per heavy atom. The highest BCUT2D eigenvalue weighted by molar-refractivity contribution is 6.03. The van der Waals surface area contributed by atoms with Gasteiger partial charge in [0.1, 0.15) is 11.6 Å². The van der Waals surface area contributed by atoms with Crippen LogP contribution in [0.5, 0.6) is 5.75 Å². The van der Waals surface area contributed by atoms with Crippen LogP contribution in [-0.4, -0.2) is 55.1 Å². The van der Waals surface area contributed by atoms with Gasteiger partial charge in [-0.3, -0.25) is 9.59 Å². The molecule has 1 aliphatic heterocycles. The van der Waals surface area contributed by atoms with E-state index in [9.17, 15) is 9.59 Å². The molecule has 10 heteroatoms. The molecule has 0 atom stereocenters. The van der Waals surface area contributed by atoms with Gasteiger partial charge in [0.15, 0.2) is 5.78 Å². The molecular weight excluding hydrogens is 460 g/mol. The van der Waals surface area contributed by atoms with Crippen LogP contribution in [0.2, 0.25) is 0 Å². The van der Waals surface area contributed by atoms with Gasteiger partial charge in [-0.15, -0.1) is 0 Å². The Kier molecular flexibility index (Phi) is 7.76. The Morgan fingerprint density at radius 1 is 1.08 bits per heavy atom. The van der Waals surface area contributed by atoms with Crippen molar-refractivity contribution in [3.8, 4) is 5.75 Å². The molecule has 2 heterocycles. The number of methoxy groups -OCH3 is 1. The molecule has 4 rings (SSSR count). The summed E-state index contributed by atoms with van der Waals surface area (Å²) in [7, 11) is 1.60. The number of amides is 1. The van der Waals surface area contributed by atoms with Gasteiger partial charge in [-0.1, -0.05) is 18.7 Å². The van der Waals surface area contributed by atoms with Crippen LogP contribution in [0.25, 0.3) is 0 Å². The first-order chi connectivity index (χ1) is 17.5. The van der Waals surface area contributed by atoms with Gasteiger partial charge >= 0.3 is 0 Å². The molecule has 0 unspecified atom stereocenters. The first-order valence-corrected chi connectivity index (χ1v) is 11.4. The van der Waals surface area contributed by atoms with Crippen LogP contribution in [0.15, 0.2) is 61.3 Å². The summed E-state index contributed by atoms with van der Waals surface area (Å²) in [6.45, 7) is 7.93. The molecule has 0 bridgehead atoms. The number of morpholine rings is 1. The van der Waals surface area contributed by atoms with E-state index in [-0.39, 0.29) is 17.6 Å². The van der Waals surface area contributed by atoms with Gasteiger partial charge < -0.3 is 30.3 Å². The number of nitrogens with one attached hydrogen (secondary N) is 3. The van der Waals surface area contributed by atoms with Crippen LogP contribution in [0.4, 0.5) is 34.5 Å². The lowest BCUT2D eigenvalue weighted by atomic mass is 10.2. The summed E-state index contributed by atoms with van der Waals surface area (Å²) in [6.07, 6.45) is 2.64. The van der Waals surface area contributed by atoms with Crippen molar-refractivity contribution in [3.05, 3.63) is 66.9 Å². The van der Waals surface area contributed by atoms with E-state index in [1.54, 1.807) is 31.4 Å². The Hall–Kier alpha value is -4.44. The molecule has 3 N–H and O–H groups in total. The third-order valence-corrected chi connectivity index (χ3v) is 5.60. The van der Waals surface area contributed by atoms with Gasteiger partial charge in [-0.05, 0) is 37.3 Å². The highest BCUT2D eigenvalue weighted by Gasteiger charge is 2.17. The van der Waals surface area contributed by atoms with Gasteiger partial charge in [0.2, 0.25) is 11.9 Å². The van der Waals surface area contributed by atoms with E-state index in [0.717, 1.165) is 18.8 Å². The monoisotopic (exact) mass is 488 g/mol. The third-order valence-electron chi connectivity index (χ3n) is 5.60. The van der Waals surface area contributed by atoms with E-state index in [1.807, 2.05) is 18.2 Å². The van der Waals surface area contributed by atoms with Crippen LogP contribution in [0.3, 0.4) is 0 Å². The van der Waals surface area contributed by atoms with Crippen molar-refractivity contribution in [1.29, 1.82) is 0 Å². The van der Waals surface area contributed by atoms with E-state index in [0.29, 0.717) is 47.4 Å². The Morgan fingerprint density at radius 3 is 2.53 bits per heavy atom. The third kappa shape index (κ3) is 5.78. The topological polar surface area (TPSA) is 118 Å². The number of Topliss-reactive ketones (excluding diaryl/α,β-unsaturated/α-hetero) is 1. The van der Waals surface area contributed by atoms with Crippen LogP contribution in [0.1, 0.15) is 17.3 Å². The zero-order chi connectivity index (χ0) is 25.5. The highest BCUT2D eigenvalue weighted by atomic mass is 16.5. The molecule has 1 aromatic heterocycles. The molecule has 10 nitrogen and oxygen atoms in total. The molecule has 3 aromatic rings. The second kappa shape index (κ2) is 11.3. The number of nitrogens with zero attached hydrogens (tertiary/aromatic N) is 3. The van der Waals surface area contributed by atoms with Crippen LogP contribution < -0.4 is 25.6 Å². The van der Waals surface area contributed by atoms with Gasteiger partial charge in [-0.25, -0.2) is 4.98 Å². The number of carbonyl (C=O) groups is 2. The maximum atomic E-state index is 12.3. The number of ether oxygens (including phenoxy) is 2. The second-order valence-corrected chi connectivity index (χ2v) is 7.99. The molecule has 36 heavy (non-hydrogen) atoms. The second-order valence-electron chi connectivity index (χ2n) is 7.99. The lowest BCUT2D eigenvalue weighted by molar-refractivity contribution is -0.111. The number of carbonyl (C=O) groups excluding carboxylic acids is 2. The lowest BCUT2D eigenvalue weighted by Gasteiger charge is -2.29. The summed E-state index contributed by atoms with van der Waals surface area (Å²) < 4.78 is 11.0. The van der Waals surface area contributed by atoms with Crippen molar-refractivity contribution in [2.75, 3.05) is 54.3 Å². The molecule has 0 saturated carbocycles. The SMILES string of the molecule is C=CC(=O)Nc1ccccc1Nc1nc(Nc2ccc(N3CCOCC3)cc2OC)ncc1C(C)=O. The van der Waals surface area contributed by atoms with Crippen LogP contribution >= 0.6 is 0 Å². The summed E-state index contributed by atoms with van der Waals surface area (Å²) in [5.74, 6) is 0.639. The van der Waals surface area contributed by atoms with Crippen LogP contribution in [-0.2, 0) is 9.53 Å². The number of hydrogen-bond donors (Lipinski definition) is 3. The zero-order valence-electron chi connectivity index (χ0n) is 20.2. The quantitative estimate of drug-likeness (QED) is 0.302. The smallest absolute Gasteiger partial charge is 0.247 e. The largest absolute Gasteiger partial charge is 0.494 e. The maximum Gasteiger partial charge on any atom is 0.247 e. The fourth-order valence-electron chi connectivity index (χ4n) is 3.73. The maximum absolute atomic E-state index is 12.3. The Balaban J connectivity index is 1.61. The predicted octanol–water partition coefficient (Wildman–Crippen LogP) is 4.14. The van der Waals surface area contributed by atoms with Crippen molar-refractivity contribution < 1.29 is 19.1 Å². The highest BCUT2D eigenvalue weighted by Crippen LogP contribution is 2.33. The summed E-state index contributed by atoms with van der Waals surface area (Å²) in [6, 6.07) is 13.0. The van der Waals surface area contributed by atoms with E-state index >= 15 is 0 Å². The fourth-order valence-corrected chi connectivity index (χ4v) is 3.73. The molecule has 0 radical (unpaired) electrons. The molecule has 1 aliphatic rings. The average molecular weight is 489 g/mol. The summed E-state index contributed by atoms with van der Waals surface area (Å²) in [5, 5.41) is 9.06. The van der Waals surface area contributed by atoms with Gasteiger partial charge in [0.25, 0.3) is 0 Å². The predicted molar refractivity (Wildman–Crippen MR) is 140 cm³/mol. The lowest BCUT2D eigenvalue weighted by Crippen LogP contribution is -2.36. The van der Waals surface area contributed by atoms with Gasteiger partial charge in [0.05, 0.1) is 42.9 Å². The van der Waals surface area contributed by atoms with Gasteiger partial charge in [-0.2, -0.15) is 4.98 Å². The van der Waals surface area contributed by atoms with E-state index < -0.39 is 0 Å². The summed E-state index contributed by atoms with van der Waals surface area (Å²) in [4.78, 5) is 35.2. The average Bonchev–Trinajstić information content (AvgIpc) is 2.90.